The molecule has 0 unspecified atom stereocenters. The van der Waals surface area contributed by atoms with Crippen LogP contribution in [0.1, 0.15) is 44.5 Å². The number of tetrazole rings is 1. The lowest BCUT2D eigenvalue weighted by atomic mass is 9.95. The number of aromatic hydroxyl groups is 1. The van der Waals surface area contributed by atoms with Crippen LogP contribution < -0.4 is 5.32 Å². The first kappa shape index (κ1) is 22.3. The number of nitrogens with zero attached hydrogens (tertiary/aromatic N) is 6. The number of allylic oxidation sites excluding steroid dienone is 1. The predicted octanol–water partition coefficient (Wildman–Crippen LogP) is 4.27. The summed E-state index contributed by atoms with van der Waals surface area (Å²) in [5.41, 5.74) is 1.43. The van der Waals surface area contributed by atoms with Crippen molar-refractivity contribution < 1.29 is 9.84 Å². The van der Waals surface area contributed by atoms with Gasteiger partial charge in [-0.3, -0.25) is 0 Å². The number of aromatic nitrogens is 4. The van der Waals surface area contributed by atoms with Crippen LogP contribution in [0.15, 0.2) is 44.5 Å². The van der Waals surface area contributed by atoms with E-state index in [9.17, 15) is 5.11 Å². The predicted molar refractivity (Wildman–Crippen MR) is 122 cm³/mol. The van der Waals surface area contributed by atoms with Gasteiger partial charge in [0.05, 0.1) is 5.69 Å². The van der Waals surface area contributed by atoms with Crippen LogP contribution >= 0.6 is 22.6 Å². The van der Waals surface area contributed by atoms with Gasteiger partial charge >= 0.3 is 0 Å². The average molecular weight is 523 g/mol. The van der Waals surface area contributed by atoms with Crippen molar-refractivity contribution in [3.05, 3.63) is 45.6 Å². The zero-order valence-corrected chi connectivity index (χ0v) is 19.5. The molecule has 1 aromatic heterocycles. The third kappa shape index (κ3) is 5.63. The van der Waals surface area contributed by atoms with Gasteiger partial charge in [-0.25, -0.2) is 0 Å². The summed E-state index contributed by atoms with van der Waals surface area (Å²) in [4.78, 5) is 1.36. The minimum atomic E-state index is -0.258. The highest BCUT2D eigenvalue weighted by Gasteiger charge is 2.29. The third-order valence-corrected chi connectivity index (χ3v) is 5.34. The summed E-state index contributed by atoms with van der Waals surface area (Å²) in [5.74, 6) is 1.10. The number of halogens is 1. The van der Waals surface area contributed by atoms with Crippen LogP contribution in [0.25, 0.3) is 11.4 Å². The minimum Gasteiger partial charge on any atom is -0.507 e. The molecule has 9 nitrogen and oxygen atoms in total. The van der Waals surface area contributed by atoms with E-state index in [1.165, 1.54) is 4.80 Å². The molecular formula is C20H26IN7O2. The molecule has 0 atom stereocenters. The van der Waals surface area contributed by atoms with E-state index in [0.29, 0.717) is 28.7 Å². The van der Waals surface area contributed by atoms with Crippen LogP contribution in [0.2, 0.25) is 0 Å². The van der Waals surface area contributed by atoms with Gasteiger partial charge in [0, 0.05) is 15.7 Å². The summed E-state index contributed by atoms with van der Waals surface area (Å²) in [6.45, 7) is 7.73. The topological polar surface area (TPSA) is 110 Å². The second kappa shape index (κ2) is 10.1. The molecule has 160 valence electrons. The smallest absolute Gasteiger partial charge is 0.229 e. The molecule has 1 aromatic carbocycles. The van der Waals surface area contributed by atoms with Crippen LogP contribution in [-0.2, 0) is 4.74 Å². The molecule has 0 bridgehead atoms. The largest absolute Gasteiger partial charge is 0.507 e. The zero-order valence-electron chi connectivity index (χ0n) is 17.3. The van der Waals surface area contributed by atoms with Crippen LogP contribution in [0.5, 0.6) is 5.75 Å². The molecule has 1 fully saturated rings. The van der Waals surface area contributed by atoms with Gasteiger partial charge in [-0.15, -0.1) is 25.2 Å². The van der Waals surface area contributed by atoms with Crippen molar-refractivity contribution in [1.82, 2.24) is 25.5 Å². The van der Waals surface area contributed by atoms with E-state index in [1.54, 1.807) is 29.2 Å². The number of nitrogens with one attached hydrogen (secondary N) is 1. The maximum Gasteiger partial charge on any atom is 0.229 e. The minimum absolute atomic E-state index is 0.0524. The van der Waals surface area contributed by atoms with Gasteiger partial charge in [-0.1, -0.05) is 29.5 Å². The first-order valence-corrected chi connectivity index (χ1v) is 11.1. The molecule has 0 aliphatic carbocycles. The Labute approximate surface area is 189 Å². The highest BCUT2D eigenvalue weighted by atomic mass is 127. The Kier molecular flexibility index (Phi) is 7.53. The second-order valence-corrected chi connectivity index (χ2v) is 7.90. The Morgan fingerprint density at radius 1 is 1.37 bits per heavy atom. The van der Waals surface area contributed by atoms with E-state index in [2.05, 4.69) is 60.5 Å². The highest BCUT2D eigenvalue weighted by molar-refractivity contribution is 14.1. The molecule has 2 aromatic rings. The van der Waals surface area contributed by atoms with Gasteiger partial charge in [-0.2, -0.15) is 0 Å². The van der Waals surface area contributed by atoms with Gasteiger partial charge in [0.15, 0.2) is 5.82 Å². The third-order valence-electron chi connectivity index (χ3n) is 4.75. The molecule has 1 aliphatic rings. The molecule has 30 heavy (non-hydrogen) atoms. The van der Waals surface area contributed by atoms with Crippen LogP contribution in [0.4, 0.5) is 0 Å². The molecule has 1 aliphatic heterocycles. The number of phenolic OH excluding ortho intramolecular Hbond substituents is 1. The molecule has 2 N–H and O–H groups in total. The summed E-state index contributed by atoms with van der Waals surface area (Å²) in [6, 6.07) is 5.12. The van der Waals surface area contributed by atoms with E-state index < -0.39 is 0 Å². The van der Waals surface area contributed by atoms with Crippen molar-refractivity contribution in [2.75, 3.05) is 13.1 Å². The monoisotopic (exact) mass is 523 g/mol. The van der Waals surface area contributed by atoms with E-state index >= 15 is 0 Å². The Morgan fingerprint density at radius 3 is 2.73 bits per heavy atom. The molecule has 0 radical (unpaired) electrons. The molecule has 3 rings (SSSR count). The standard InChI is InChI=1S/C20H26IN7O2/c1-4-5-19(30-20(3)8-10-22-11-9-20)25-24-17(13-21)16-7-6-15(12-18(16)29)28-26-14(2)23-27-28/h5-7,12-13,22,29H,4,8-11H2,1-3H3/b17-13-,19-5-,25-24+. The normalized spacial score (nSPS) is 17.5. The molecule has 10 heteroatoms. The van der Waals surface area contributed by atoms with E-state index in [0.717, 1.165) is 32.4 Å². The molecule has 0 saturated carbocycles. The Bertz CT molecular complexity index is 962. The number of aryl methyl sites for hydroxylation is 1. The summed E-state index contributed by atoms with van der Waals surface area (Å²) in [5, 5.41) is 34.5. The lowest BCUT2D eigenvalue weighted by Crippen LogP contribution is -2.41. The Hall–Kier alpha value is -2.34. The number of azo groups is 1. The number of phenols is 1. The summed E-state index contributed by atoms with van der Waals surface area (Å²) in [6.07, 6.45) is 4.53. The number of hydrogen-bond donors (Lipinski definition) is 2. The number of rotatable bonds is 7. The van der Waals surface area contributed by atoms with Gasteiger partial charge in [0.2, 0.25) is 5.88 Å². The van der Waals surface area contributed by atoms with E-state index in [4.69, 9.17) is 4.74 Å². The molecular weight excluding hydrogens is 497 g/mol. The molecule has 0 spiro atoms. The fourth-order valence-electron chi connectivity index (χ4n) is 3.08. The van der Waals surface area contributed by atoms with Crippen molar-refractivity contribution in [2.24, 2.45) is 10.2 Å². The lowest BCUT2D eigenvalue weighted by molar-refractivity contribution is -0.00941. The van der Waals surface area contributed by atoms with E-state index in [1.807, 2.05) is 13.0 Å². The van der Waals surface area contributed by atoms with Crippen molar-refractivity contribution in [3.63, 3.8) is 0 Å². The Balaban J connectivity index is 1.79. The van der Waals surface area contributed by atoms with Crippen LogP contribution in [-0.4, -0.2) is 44.0 Å². The van der Waals surface area contributed by atoms with Gasteiger partial charge in [0.25, 0.3) is 0 Å². The average Bonchev–Trinajstić information content (AvgIpc) is 3.16. The lowest BCUT2D eigenvalue weighted by Gasteiger charge is -2.34. The maximum atomic E-state index is 10.5. The number of benzene rings is 1. The number of piperidine rings is 1. The number of ether oxygens (including phenoxy) is 1. The molecule has 0 amide bonds. The molecule has 1 saturated heterocycles. The fraction of sp³-hybridized carbons (Fsp3) is 0.450. The fourth-order valence-corrected chi connectivity index (χ4v) is 3.54. The van der Waals surface area contributed by atoms with Crippen LogP contribution in [0.3, 0.4) is 0 Å². The summed E-state index contributed by atoms with van der Waals surface area (Å²) >= 11 is 2.08. The summed E-state index contributed by atoms with van der Waals surface area (Å²) in [7, 11) is 0. The van der Waals surface area contributed by atoms with Crippen molar-refractivity contribution in [2.45, 2.75) is 45.6 Å². The van der Waals surface area contributed by atoms with Crippen molar-refractivity contribution in [1.29, 1.82) is 0 Å². The van der Waals surface area contributed by atoms with Crippen molar-refractivity contribution in [3.8, 4) is 11.4 Å². The second-order valence-electron chi connectivity index (χ2n) is 7.27. The van der Waals surface area contributed by atoms with Gasteiger partial charge in [-0.05, 0) is 69.6 Å². The molecule has 2 heterocycles. The van der Waals surface area contributed by atoms with E-state index in [-0.39, 0.29) is 11.4 Å². The first-order valence-electron chi connectivity index (χ1n) is 9.86. The zero-order chi connectivity index (χ0) is 21.6. The quantitative estimate of drug-likeness (QED) is 0.319. The number of hydrogen-bond acceptors (Lipinski definition) is 8. The SMILES string of the molecule is CC/C=C(/N=N/C(=C\I)c1ccc(-n2nnc(C)n2)cc1O)OC1(C)CCNCC1. The highest BCUT2D eigenvalue weighted by Crippen LogP contribution is 2.31. The van der Waals surface area contributed by atoms with Crippen LogP contribution in [0, 0.1) is 6.92 Å². The van der Waals surface area contributed by atoms with Gasteiger partial charge in [0.1, 0.15) is 17.0 Å². The van der Waals surface area contributed by atoms with Gasteiger partial charge < -0.3 is 15.2 Å². The maximum absolute atomic E-state index is 10.5. The summed E-state index contributed by atoms with van der Waals surface area (Å²) < 4.78 is 7.97. The Morgan fingerprint density at radius 2 is 2.13 bits per heavy atom. The van der Waals surface area contributed by atoms with Crippen molar-refractivity contribution >= 4 is 28.3 Å². The first-order chi connectivity index (χ1) is 14.4.